The Morgan fingerprint density at radius 2 is 1.92 bits per heavy atom. The smallest absolute Gasteiger partial charge is 0.326 e. The maximum absolute atomic E-state index is 13.0. The summed E-state index contributed by atoms with van der Waals surface area (Å²) in [5.74, 6) is -1.79. The quantitative estimate of drug-likeness (QED) is 0.851. The molecule has 0 radical (unpaired) electrons. The molecule has 0 aliphatic carbocycles. The van der Waals surface area contributed by atoms with E-state index in [0.717, 1.165) is 0 Å². The average molecular weight is 333 g/mol. The van der Waals surface area contributed by atoms with Crippen LogP contribution in [0.2, 0.25) is 0 Å². The SMILES string of the molecule is Cc1c(C(=O)NC(CC(C)C)C(=O)O)cnn1-c1ccc(F)cc1. The minimum absolute atomic E-state index is 0.134. The van der Waals surface area contributed by atoms with Gasteiger partial charge in [0.25, 0.3) is 5.91 Å². The van der Waals surface area contributed by atoms with Gasteiger partial charge in [-0.2, -0.15) is 5.10 Å². The third-order valence-corrected chi connectivity index (χ3v) is 3.64. The Balaban J connectivity index is 2.21. The molecule has 1 unspecified atom stereocenters. The van der Waals surface area contributed by atoms with Gasteiger partial charge in [-0.25, -0.2) is 13.9 Å². The van der Waals surface area contributed by atoms with Crippen molar-refractivity contribution in [1.82, 2.24) is 15.1 Å². The largest absolute Gasteiger partial charge is 0.480 e. The number of amides is 1. The maximum atomic E-state index is 13.0. The molecule has 1 amide bonds. The number of aromatic nitrogens is 2. The van der Waals surface area contributed by atoms with E-state index in [0.29, 0.717) is 17.8 Å². The van der Waals surface area contributed by atoms with E-state index in [1.54, 1.807) is 19.1 Å². The first-order valence-electron chi connectivity index (χ1n) is 7.63. The summed E-state index contributed by atoms with van der Waals surface area (Å²) in [5, 5.41) is 15.9. The summed E-state index contributed by atoms with van der Waals surface area (Å²) >= 11 is 0. The second-order valence-electron chi connectivity index (χ2n) is 6.03. The Morgan fingerprint density at radius 1 is 1.29 bits per heavy atom. The molecule has 0 spiro atoms. The monoisotopic (exact) mass is 333 g/mol. The van der Waals surface area contributed by atoms with Crippen molar-refractivity contribution < 1.29 is 19.1 Å². The number of carbonyl (C=O) groups excluding carboxylic acids is 1. The molecule has 128 valence electrons. The van der Waals surface area contributed by atoms with E-state index in [-0.39, 0.29) is 17.3 Å². The number of hydrogen-bond acceptors (Lipinski definition) is 3. The molecule has 1 aromatic carbocycles. The molecular weight excluding hydrogens is 313 g/mol. The van der Waals surface area contributed by atoms with E-state index >= 15 is 0 Å². The molecule has 0 aliphatic heterocycles. The van der Waals surface area contributed by atoms with Crippen LogP contribution in [0, 0.1) is 18.7 Å². The lowest BCUT2D eigenvalue weighted by molar-refractivity contribution is -0.139. The molecule has 0 saturated heterocycles. The Morgan fingerprint density at radius 3 is 2.46 bits per heavy atom. The van der Waals surface area contributed by atoms with Crippen molar-refractivity contribution in [1.29, 1.82) is 0 Å². The highest BCUT2D eigenvalue weighted by Crippen LogP contribution is 2.15. The number of carboxylic acid groups (broad SMARTS) is 1. The molecule has 1 atom stereocenters. The van der Waals surface area contributed by atoms with Crippen molar-refractivity contribution in [2.45, 2.75) is 33.2 Å². The lowest BCUT2D eigenvalue weighted by Crippen LogP contribution is -2.41. The fourth-order valence-electron chi connectivity index (χ4n) is 2.40. The van der Waals surface area contributed by atoms with Gasteiger partial charge in [-0.3, -0.25) is 4.79 Å². The van der Waals surface area contributed by atoms with Gasteiger partial charge in [0.15, 0.2) is 0 Å². The highest BCUT2D eigenvalue weighted by molar-refractivity contribution is 5.97. The molecule has 6 nitrogen and oxygen atoms in total. The van der Waals surface area contributed by atoms with Crippen LogP contribution in [0.4, 0.5) is 4.39 Å². The van der Waals surface area contributed by atoms with Crippen LogP contribution in [0.5, 0.6) is 0 Å². The molecule has 24 heavy (non-hydrogen) atoms. The predicted octanol–water partition coefficient (Wildman–Crippen LogP) is 2.55. The van der Waals surface area contributed by atoms with Crippen LogP contribution in [0.3, 0.4) is 0 Å². The molecule has 1 heterocycles. The van der Waals surface area contributed by atoms with Crippen LogP contribution < -0.4 is 5.32 Å². The second-order valence-corrected chi connectivity index (χ2v) is 6.03. The topological polar surface area (TPSA) is 84.2 Å². The van der Waals surface area contributed by atoms with Gasteiger partial charge in [0, 0.05) is 0 Å². The van der Waals surface area contributed by atoms with E-state index in [4.69, 9.17) is 0 Å². The number of halogens is 1. The number of aliphatic carboxylic acids is 1. The molecule has 2 aromatic rings. The van der Waals surface area contributed by atoms with Gasteiger partial charge in [0.05, 0.1) is 23.1 Å². The van der Waals surface area contributed by atoms with Gasteiger partial charge in [0.2, 0.25) is 0 Å². The molecule has 2 N–H and O–H groups in total. The number of hydrogen-bond donors (Lipinski definition) is 2. The molecular formula is C17H20FN3O3. The average Bonchev–Trinajstić information content (AvgIpc) is 2.88. The van der Waals surface area contributed by atoms with Crippen molar-refractivity contribution in [3.8, 4) is 5.69 Å². The summed E-state index contributed by atoms with van der Waals surface area (Å²) in [6, 6.07) is 4.76. The summed E-state index contributed by atoms with van der Waals surface area (Å²) in [6.45, 7) is 5.48. The predicted molar refractivity (Wildman–Crippen MR) is 86.6 cm³/mol. The van der Waals surface area contributed by atoms with Crippen molar-refractivity contribution in [2.75, 3.05) is 0 Å². The van der Waals surface area contributed by atoms with Crippen molar-refractivity contribution >= 4 is 11.9 Å². The van der Waals surface area contributed by atoms with Gasteiger partial charge in [-0.05, 0) is 43.5 Å². The van der Waals surface area contributed by atoms with Crippen LogP contribution in [-0.4, -0.2) is 32.8 Å². The van der Waals surface area contributed by atoms with Crippen LogP contribution in [0.1, 0.15) is 36.3 Å². The minimum atomic E-state index is -1.07. The van der Waals surface area contributed by atoms with E-state index in [1.807, 2.05) is 13.8 Å². The summed E-state index contributed by atoms with van der Waals surface area (Å²) in [6.07, 6.45) is 1.72. The molecule has 7 heteroatoms. The van der Waals surface area contributed by atoms with Crippen LogP contribution >= 0.6 is 0 Å². The number of carboxylic acids is 1. The van der Waals surface area contributed by atoms with Gasteiger partial charge in [-0.1, -0.05) is 13.8 Å². The molecule has 1 aromatic heterocycles. The zero-order valence-electron chi connectivity index (χ0n) is 13.8. The van der Waals surface area contributed by atoms with Crippen LogP contribution in [0.25, 0.3) is 5.69 Å². The molecule has 2 rings (SSSR count). The molecule has 0 fully saturated rings. The van der Waals surface area contributed by atoms with E-state index < -0.39 is 17.9 Å². The molecule has 0 bridgehead atoms. The first-order chi connectivity index (χ1) is 11.3. The first kappa shape index (κ1) is 17.7. The van der Waals surface area contributed by atoms with Crippen molar-refractivity contribution in [2.24, 2.45) is 5.92 Å². The Bertz CT molecular complexity index is 738. The third kappa shape index (κ3) is 3.98. The summed E-state index contributed by atoms with van der Waals surface area (Å²) in [5.41, 5.74) is 1.45. The van der Waals surface area contributed by atoms with Gasteiger partial charge in [0.1, 0.15) is 11.9 Å². The Kier molecular flexibility index (Phi) is 5.33. The summed E-state index contributed by atoms with van der Waals surface area (Å²) in [4.78, 5) is 23.6. The number of nitrogens with one attached hydrogen (secondary N) is 1. The Labute approximate surface area is 139 Å². The highest BCUT2D eigenvalue weighted by Gasteiger charge is 2.24. The summed E-state index contributed by atoms with van der Waals surface area (Å²) < 4.78 is 14.5. The van der Waals surface area contributed by atoms with E-state index in [9.17, 15) is 19.1 Å². The van der Waals surface area contributed by atoms with Gasteiger partial charge >= 0.3 is 5.97 Å². The maximum Gasteiger partial charge on any atom is 0.326 e. The van der Waals surface area contributed by atoms with Crippen molar-refractivity contribution in [3.63, 3.8) is 0 Å². The normalized spacial score (nSPS) is 12.2. The van der Waals surface area contributed by atoms with Crippen LogP contribution in [0.15, 0.2) is 30.5 Å². The zero-order chi connectivity index (χ0) is 17.9. The number of nitrogens with zero attached hydrogens (tertiary/aromatic N) is 2. The van der Waals surface area contributed by atoms with Gasteiger partial charge < -0.3 is 10.4 Å². The first-order valence-corrected chi connectivity index (χ1v) is 7.63. The van der Waals surface area contributed by atoms with E-state index in [2.05, 4.69) is 10.4 Å². The number of rotatable bonds is 6. The lowest BCUT2D eigenvalue weighted by Gasteiger charge is -2.16. The molecule has 0 saturated carbocycles. The summed E-state index contributed by atoms with van der Waals surface area (Å²) in [7, 11) is 0. The fourth-order valence-corrected chi connectivity index (χ4v) is 2.40. The minimum Gasteiger partial charge on any atom is -0.480 e. The third-order valence-electron chi connectivity index (χ3n) is 3.64. The Hall–Kier alpha value is -2.70. The van der Waals surface area contributed by atoms with Crippen LogP contribution in [-0.2, 0) is 4.79 Å². The van der Waals surface area contributed by atoms with Gasteiger partial charge in [-0.15, -0.1) is 0 Å². The second kappa shape index (κ2) is 7.25. The number of carbonyl (C=O) groups is 2. The van der Waals surface area contributed by atoms with E-state index in [1.165, 1.54) is 23.0 Å². The molecule has 0 aliphatic rings. The fraction of sp³-hybridized carbons (Fsp3) is 0.353. The number of benzene rings is 1. The zero-order valence-corrected chi connectivity index (χ0v) is 13.8. The van der Waals surface area contributed by atoms with Crippen molar-refractivity contribution in [3.05, 3.63) is 47.5 Å². The standard InChI is InChI=1S/C17H20FN3O3/c1-10(2)8-15(17(23)24)20-16(22)14-9-19-21(11(14)3)13-6-4-12(18)5-7-13/h4-7,9-10,15H,8H2,1-3H3,(H,20,22)(H,23,24). The highest BCUT2D eigenvalue weighted by atomic mass is 19.1. The lowest BCUT2D eigenvalue weighted by atomic mass is 10.0.